The first-order chi connectivity index (χ1) is 11.1. The lowest BCUT2D eigenvalue weighted by molar-refractivity contribution is -0.143. The average Bonchev–Trinajstić information content (AvgIpc) is 3.05. The summed E-state index contributed by atoms with van der Waals surface area (Å²) in [6.45, 7) is 5.19. The number of hydrogen-bond acceptors (Lipinski definition) is 6. The number of amides is 1. The molecule has 2 aromatic rings. The van der Waals surface area contributed by atoms with Crippen molar-refractivity contribution in [3.05, 3.63) is 30.4 Å². The molecule has 0 spiro atoms. The van der Waals surface area contributed by atoms with Gasteiger partial charge in [-0.3, -0.25) is 9.78 Å². The van der Waals surface area contributed by atoms with Crippen molar-refractivity contribution in [2.24, 2.45) is 0 Å². The zero-order valence-corrected chi connectivity index (χ0v) is 13.3. The normalized spacial score (nSPS) is 21.4. The molecule has 7 heteroatoms. The highest BCUT2D eigenvalue weighted by Gasteiger charge is 2.27. The molecule has 23 heavy (non-hydrogen) atoms. The van der Waals surface area contributed by atoms with Gasteiger partial charge in [-0.1, -0.05) is 5.16 Å². The van der Waals surface area contributed by atoms with E-state index in [1.807, 2.05) is 30.9 Å². The second-order valence-electron chi connectivity index (χ2n) is 5.79. The van der Waals surface area contributed by atoms with Gasteiger partial charge in [0.2, 0.25) is 17.6 Å². The van der Waals surface area contributed by atoms with E-state index in [2.05, 4.69) is 15.1 Å². The lowest BCUT2D eigenvalue weighted by Crippen LogP contribution is -2.50. The van der Waals surface area contributed by atoms with E-state index in [9.17, 15) is 4.79 Å². The summed E-state index contributed by atoms with van der Waals surface area (Å²) in [5.74, 6) is 1.05. The molecule has 7 nitrogen and oxygen atoms in total. The molecular formula is C16H20N4O3. The maximum atomic E-state index is 12.4. The number of aryl methyl sites for hydroxylation is 1. The Balaban J connectivity index is 1.58. The summed E-state index contributed by atoms with van der Waals surface area (Å²) in [6.07, 6.45) is 4.23. The van der Waals surface area contributed by atoms with Crippen LogP contribution in [0.25, 0.3) is 11.4 Å². The van der Waals surface area contributed by atoms with Crippen LogP contribution in [0.2, 0.25) is 0 Å². The van der Waals surface area contributed by atoms with E-state index in [-0.39, 0.29) is 18.1 Å². The topological polar surface area (TPSA) is 81.4 Å². The lowest BCUT2D eigenvalue weighted by Gasteiger charge is -2.36. The summed E-state index contributed by atoms with van der Waals surface area (Å²) in [5, 5.41) is 3.93. The van der Waals surface area contributed by atoms with Crippen LogP contribution in [0.1, 0.15) is 26.2 Å². The van der Waals surface area contributed by atoms with Gasteiger partial charge in [0.05, 0.1) is 18.8 Å². The Labute approximate surface area is 134 Å². The standard InChI is InChI=1S/C16H20N4O3/c1-11-10-22-12(2)9-20(11)15(21)6-5-14-18-16(19-23-14)13-4-3-7-17-8-13/h3-4,7-8,11-12H,5-6,9-10H2,1-2H3/t11-,12+/m0/s1. The average molecular weight is 316 g/mol. The quantitative estimate of drug-likeness (QED) is 0.854. The van der Waals surface area contributed by atoms with Crippen molar-refractivity contribution < 1.29 is 14.1 Å². The molecule has 0 bridgehead atoms. The van der Waals surface area contributed by atoms with Gasteiger partial charge in [-0.25, -0.2) is 0 Å². The van der Waals surface area contributed by atoms with Crippen molar-refractivity contribution in [3.63, 3.8) is 0 Å². The van der Waals surface area contributed by atoms with Crippen molar-refractivity contribution in [3.8, 4) is 11.4 Å². The number of nitrogens with zero attached hydrogens (tertiary/aromatic N) is 4. The molecule has 0 unspecified atom stereocenters. The predicted octanol–water partition coefficient (Wildman–Crippen LogP) is 1.70. The van der Waals surface area contributed by atoms with E-state index in [1.165, 1.54) is 0 Å². The summed E-state index contributed by atoms with van der Waals surface area (Å²) in [6, 6.07) is 3.78. The summed E-state index contributed by atoms with van der Waals surface area (Å²) in [4.78, 5) is 22.6. The number of hydrogen-bond donors (Lipinski definition) is 0. The fourth-order valence-electron chi connectivity index (χ4n) is 2.58. The van der Waals surface area contributed by atoms with E-state index >= 15 is 0 Å². The molecule has 0 radical (unpaired) electrons. The molecular weight excluding hydrogens is 296 g/mol. The first-order valence-corrected chi connectivity index (χ1v) is 7.77. The zero-order chi connectivity index (χ0) is 16.2. The van der Waals surface area contributed by atoms with E-state index in [4.69, 9.17) is 9.26 Å². The predicted molar refractivity (Wildman–Crippen MR) is 82.4 cm³/mol. The Kier molecular flexibility index (Phi) is 4.66. The third-order valence-corrected chi connectivity index (χ3v) is 3.87. The Bertz CT molecular complexity index is 658. The van der Waals surface area contributed by atoms with Gasteiger partial charge >= 0.3 is 0 Å². The number of aromatic nitrogens is 3. The Hall–Kier alpha value is -2.28. The van der Waals surface area contributed by atoms with Crippen LogP contribution in [-0.2, 0) is 16.0 Å². The van der Waals surface area contributed by atoms with Gasteiger partial charge in [-0.2, -0.15) is 4.98 Å². The molecule has 2 aromatic heterocycles. The minimum atomic E-state index is 0.0794. The number of ether oxygens (including phenoxy) is 1. The highest BCUT2D eigenvalue weighted by atomic mass is 16.5. The van der Waals surface area contributed by atoms with E-state index in [0.29, 0.717) is 37.7 Å². The van der Waals surface area contributed by atoms with E-state index in [1.54, 1.807) is 12.4 Å². The van der Waals surface area contributed by atoms with Crippen molar-refractivity contribution in [1.29, 1.82) is 0 Å². The number of carbonyl (C=O) groups is 1. The molecule has 0 aliphatic carbocycles. The summed E-state index contributed by atoms with van der Waals surface area (Å²) in [5.41, 5.74) is 0.796. The van der Waals surface area contributed by atoms with E-state index < -0.39 is 0 Å². The third-order valence-electron chi connectivity index (χ3n) is 3.87. The third kappa shape index (κ3) is 3.73. The number of morpholine rings is 1. The second-order valence-corrected chi connectivity index (χ2v) is 5.79. The first kappa shape index (κ1) is 15.6. The highest BCUT2D eigenvalue weighted by molar-refractivity contribution is 5.76. The van der Waals surface area contributed by atoms with Crippen LogP contribution < -0.4 is 0 Å². The van der Waals surface area contributed by atoms with Gasteiger partial charge in [0.25, 0.3) is 0 Å². The smallest absolute Gasteiger partial charge is 0.227 e. The number of pyridine rings is 1. The van der Waals surface area contributed by atoms with Crippen LogP contribution in [-0.4, -0.2) is 51.2 Å². The van der Waals surface area contributed by atoms with Crippen molar-refractivity contribution in [2.45, 2.75) is 38.8 Å². The minimum Gasteiger partial charge on any atom is -0.375 e. The van der Waals surface area contributed by atoms with Crippen molar-refractivity contribution in [1.82, 2.24) is 20.0 Å². The molecule has 0 N–H and O–H groups in total. The second kappa shape index (κ2) is 6.87. The summed E-state index contributed by atoms with van der Waals surface area (Å²) in [7, 11) is 0. The SMILES string of the molecule is C[C@@H]1CN(C(=O)CCc2nc(-c3cccnc3)no2)[C@@H](C)CO1. The molecule has 122 valence electrons. The lowest BCUT2D eigenvalue weighted by atomic mass is 10.1. The monoisotopic (exact) mass is 316 g/mol. The van der Waals surface area contributed by atoms with Crippen LogP contribution in [0.3, 0.4) is 0 Å². The maximum Gasteiger partial charge on any atom is 0.227 e. The molecule has 1 aliphatic heterocycles. The molecule has 1 fully saturated rings. The summed E-state index contributed by atoms with van der Waals surface area (Å²) >= 11 is 0. The fraction of sp³-hybridized carbons (Fsp3) is 0.500. The van der Waals surface area contributed by atoms with Gasteiger partial charge in [-0.05, 0) is 26.0 Å². The minimum absolute atomic E-state index is 0.0794. The van der Waals surface area contributed by atoms with Crippen LogP contribution >= 0.6 is 0 Å². The molecule has 1 aliphatic rings. The molecule has 1 amide bonds. The summed E-state index contributed by atoms with van der Waals surface area (Å²) < 4.78 is 10.8. The number of carbonyl (C=O) groups excluding carboxylic acids is 1. The molecule has 3 rings (SSSR count). The Morgan fingerprint density at radius 3 is 3.09 bits per heavy atom. The molecule has 1 saturated heterocycles. The van der Waals surface area contributed by atoms with Gasteiger partial charge in [0.15, 0.2) is 0 Å². The van der Waals surface area contributed by atoms with Crippen LogP contribution in [0.4, 0.5) is 0 Å². The van der Waals surface area contributed by atoms with E-state index in [0.717, 1.165) is 5.56 Å². The van der Waals surface area contributed by atoms with Gasteiger partial charge in [-0.15, -0.1) is 0 Å². The molecule has 3 heterocycles. The van der Waals surface area contributed by atoms with Crippen LogP contribution in [0, 0.1) is 0 Å². The molecule has 2 atom stereocenters. The van der Waals surface area contributed by atoms with Gasteiger partial charge in [0, 0.05) is 37.3 Å². The largest absolute Gasteiger partial charge is 0.375 e. The molecule has 0 saturated carbocycles. The number of rotatable bonds is 4. The zero-order valence-electron chi connectivity index (χ0n) is 13.3. The van der Waals surface area contributed by atoms with Crippen molar-refractivity contribution >= 4 is 5.91 Å². The first-order valence-electron chi connectivity index (χ1n) is 7.77. The van der Waals surface area contributed by atoms with Gasteiger partial charge < -0.3 is 14.2 Å². The van der Waals surface area contributed by atoms with Crippen LogP contribution in [0.15, 0.2) is 29.0 Å². The fourth-order valence-corrected chi connectivity index (χ4v) is 2.58. The molecule has 0 aromatic carbocycles. The Morgan fingerprint density at radius 2 is 2.30 bits per heavy atom. The highest BCUT2D eigenvalue weighted by Crippen LogP contribution is 2.16. The van der Waals surface area contributed by atoms with Gasteiger partial charge in [0.1, 0.15) is 0 Å². The Morgan fingerprint density at radius 1 is 1.43 bits per heavy atom. The maximum absolute atomic E-state index is 12.4. The van der Waals surface area contributed by atoms with Crippen LogP contribution in [0.5, 0.6) is 0 Å². The van der Waals surface area contributed by atoms with Crippen molar-refractivity contribution in [2.75, 3.05) is 13.2 Å².